The Morgan fingerprint density at radius 3 is 2.30 bits per heavy atom. The Morgan fingerprint density at radius 1 is 1.04 bits per heavy atom. The summed E-state index contributed by atoms with van der Waals surface area (Å²) in [5.74, 6) is 0.563. The topological polar surface area (TPSA) is 73.8 Å². The molecule has 1 aromatic rings. The van der Waals surface area contributed by atoms with E-state index in [9.17, 15) is 4.79 Å². The first-order valence-electron chi connectivity index (χ1n) is 10.1. The Balaban J connectivity index is 1.33. The minimum absolute atomic E-state index is 0.101. The predicted octanol–water partition coefficient (Wildman–Crippen LogP) is 0.461. The van der Waals surface area contributed by atoms with Gasteiger partial charge in [-0.15, -0.1) is 0 Å². The second-order valence-electron chi connectivity index (χ2n) is 7.16. The zero-order valence-electron chi connectivity index (χ0n) is 16.4. The summed E-state index contributed by atoms with van der Waals surface area (Å²) in [5.41, 5.74) is 0.514. The highest BCUT2D eigenvalue weighted by Crippen LogP contribution is 2.09. The SMILES string of the molecule is CCCN1CCN(CCCNC(=O)c2cnc(N3CCOCC3)nc2)CC1. The van der Waals surface area contributed by atoms with Gasteiger partial charge in [-0.3, -0.25) is 4.79 Å². The minimum Gasteiger partial charge on any atom is -0.378 e. The van der Waals surface area contributed by atoms with Crippen LogP contribution in [0.25, 0.3) is 0 Å². The van der Waals surface area contributed by atoms with Gasteiger partial charge >= 0.3 is 0 Å². The standard InChI is InChI=1S/C19H32N6O2/c1-2-5-23-7-9-24(10-8-23)6-3-4-20-18(26)17-15-21-19(22-16-17)25-11-13-27-14-12-25/h15-16H,2-14H2,1H3,(H,20,26). The molecule has 0 saturated carbocycles. The van der Waals surface area contributed by atoms with Gasteiger partial charge in [0, 0.05) is 58.2 Å². The van der Waals surface area contributed by atoms with Gasteiger partial charge in [0.05, 0.1) is 18.8 Å². The van der Waals surface area contributed by atoms with Crippen molar-refractivity contribution in [1.29, 1.82) is 0 Å². The molecule has 0 aromatic carbocycles. The molecule has 3 heterocycles. The normalized spacial score (nSPS) is 19.2. The van der Waals surface area contributed by atoms with E-state index in [0.717, 1.165) is 52.2 Å². The lowest BCUT2D eigenvalue weighted by Gasteiger charge is -2.34. The highest BCUT2D eigenvalue weighted by atomic mass is 16.5. The van der Waals surface area contributed by atoms with Crippen LogP contribution in [0.2, 0.25) is 0 Å². The van der Waals surface area contributed by atoms with Crippen LogP contribution >= 0.6 is 0 Å². The summed E-state index contributed by atoms with van der Waals surface area (Å²) in [6.07, 6.45) is 5.41. The first-order valence-corrected chi connectivity index (χ1v) is 10.1. The summed E-state index contributed by atoms with van der Waals surface area (Å²) < 4.78 is 5.33. The number of amides is 1. The molecule has 150 valence electrons. The molecule has 1 aromatic heterocycles. The molecule has 8 nitrogen and oxygen atoms in total. The fraction of sp³-hybridized carbons (Fsp3) is 0.737. The highest BCUT2D eigenvalue weighted by molar-refractivity contribution is 5.93. The van der Waals surface area contributed by atoms with Crippen molar-refractivity contribution in [2.24, 2.45) is 0 Å². The highest BCUT2D eigenvalue weighted by Gasteiger charge is 2.16. The molecular formula is C19H32N6O2. The van der Waals surface area contributed by atoms with Crippen molar-refractivity contribution >= 4 is 11.9 Å². The Kier molecular flexibility index (Phi) is 7.79. The van der Waals surface area contributed by atoms with E-state index in [1.54, 1.807) is 12.4 Å². The van der Waals surface area contributed by atoms with Crippen LogP contribution in [-0.4, -0.2) is 97.8 Å². The van der Waals surface area contributed by atoms with Gasteiger partial charge in [0.15, 0.2) is 0 Å². The van der Waals surface area contributed by atoms with Crippen LogP contribution in [0.5, 0.6) is 0 Å². The van der Waals surface area contributed by atoms with E-state index in [1.165, 1.54) is 13.0 Å². The van der Waals surface area contributed by atoms with Gasteiger partial charge in [-0.05, 0) is 25.9 Å². The van der Waals surface area contributed by atoms with Crippen LogP contribution in [0.1, 0.15) is 30.1 Å². The average molecular weight is 377 g/mol. The van der Waals surface area contributed by atoms with Crippen molar-refractivity contribution in [2.45, 2.75) is 19.8 Å². The van der Waals surface area contributed by atoms with Crippen LogP contribution in [0.4, 0.5) is 5.95 Å². The third-order valence-electron chi connectivity index (χ3n) is 5.14. The lowest BCUT2D eigenvalue weighted by molar-refractivity contribution is 0.0947. The average Bonchev–Trinajstić information content (AvgIpc) is 2.73. The third-order valence-corrected chi connectivity index (χ3v) is 5.14. The quantitative estimate of drug-likeness (QED) is 0.661. The molecule has 1 amide bonds. The summed E-state index contributed by atoms with van der Waals surface area (Å²) in [6.45, 7) is 12.7. The summed E-state index contributed by atoms with van der Waals surface area (Å²) in [7, 11) is 0. The van der Waals surface area contributed by atoms with Gasteiger partial charge in [-0.25, -0.2) is 9.97 Å². The van der Waals surface area contributed by atoms with E-state index in [-0.39, 0.29) is 5.91 Å². The maximum absolute atomic E-state index is 12.3. The number of hydrogen-bond acceptors (Lipinski definition) is 7. The van der Waals surface area contributed by atoms with Crippen molar-refractivity contribution in [3.05, 3.63) is 18.0 Å². The lowest BCUT2D eigenvalue weighted by Crippen LogP contribution is -2.47. The Bertz CT molecular complexity index is 568. The van der Waals surface area contributed by atoms with E-state index in [0.29, 0.717) is 31.3 Å². The van der Waals surface area contributed by atoms with E-state index in [1.807, 2.05) is 0 Å². The number of hydrogen-bond donors (Lipinski definition) is 1. The predicted molar refractivity (Wildman–Crippen MR) is 105 cm³/mol. The summed E-state index contributed by atoms with van der Waals surface area (Å²) in [4.78, 5) is 28.0. The van der Waals surface area contributed by atoms with E-state index in [2.05, 4.69) is 36.9 Å². The summed E-state index contributed by atoms with van der Waals surface area (Å²) in [5, 5.41) is 2.98. The minimum atomic E-state index is -0.101. The van der Waals surface area contributed by atoms with Crippen molar-refractivity contribution in [2.75, 3.05) is 77.0 Å². The monoisotopic (exact) mass is 376 g/mol. The molecule has 8 heteroatoms. The lowest BCUT2D eigenvalue weighted by atomic mass is 10.2. The first-order chi connectivity index (χ1) is 13.3. The second kappa shape index (κ2) is 10.5. The molecule has 0 unspecified atom stereocenters. The summed E-state index contributed by atoms with van der Waals surface area (Å²) in [6, 6.07) is 0. The van der Waals surface area contributed by atoms with E-state index >= 15 is 0 Å². The van der Waals surface area contributed by atoms with E-state index in [4.69, 9.17) is 4.74 Å². The number of nitrogens with zero attached hydrogens (tertiary/aromatic N) is 5. The van der Waals surface area contributed by atoms with Crippen LogP contribution in [0.3, 0.4) is 0 Å². The number of morpholine rings is 1. The number of anilines is 1. The van der Waals surface area contributed by atoms with Gasteiger partial charge in [0.25, 0.3) is 5.91 Å². The fourth-order valence-corrected chi connectivity index (χ4v) is 3.52. The van der Waals surface area contributed by atoms with Crippen molar-refractivity contribution in [1.82, 2.24) is 25.1 Å². The van der Waals surface area contributed by atoms with E-state index < -0.39 is 0 Å². The van der Waals surface area contributed by atoms with Crippen LogP contribution in [0, 0.1) is 0 Å². The van der Waals surface area contributed by atoms with Crippen molar-refractivity contribution in [3.8, 4) is 0 Å². The summed E-state index contributed by atoms with van der Waals surface area (Å²) >= 11 is 0. The zero-order valence-corrected chi connectivity index (χ0v) is 16.4. The smallest absolute Gasteiger partial charge is 0.254 e. The van der Waals surface area contributed by atoms with Crippen LogP contribution < -0.4 is 10.2 Å². The van der Waals surface area contributed by atoms with Crippen molar-refractivity contribution in [3.63, 3.8) is 0 Å². The fourth-order valence-electron chi connectivity index (χ4n) is 3.52. The molecule has 2 aliphatic rings. The van der Waals surface area contributed by atoms with Gasteiger partial charge in [0.2, 0.25) is 5.95 Å². The first kappa shape index (κ1) is 20.0. The molecule has 2 saturated heterocycles. The number of aromatic nitrogens is 2. The Morgan fingerprint density at radius 2 is 1.67 bits per heavy atom. The number of carbonyl (C=O) groups is 1. The van der Waals surface area contributed by atoms with Gasteiger partial charge < -0.3 is 24.8 Å². The molecule has 0 aliphatic carbocycles. The molecule has 0 spiro atoms. The van der Waals surface area contributed by atoms with Gasteiger partial charge in [-0.1, -0.05) is 6.92 Å². The molecule has 27 heavy (non-hydrogen) atoms. The molecule has 3 rings (SSSR count). The molecule has 0 bridgehead atoms. The molecular weight excluding hydrogens is 344 g/mol. The molecule has 2 aliphatic heterocycles. The largest absolute Gasteiger partial charge is 0.378 e. The number of piperazine rings is 1. The number of nitrogens with one attached hydrogen (secondary N) is 1. The van der Waals surface area contributed by atoms with Gasteiger partial charge in [-0.2, -0.15) is 0 Å². The maximum Gasteiger partial charge on any atom is 0.254 e. The zero-order chi connectivity index (χ0) is 18.9. The van der Waals surface area contributed by atoms with Crippen molar-refractivity contribution < 1.29 is 9.53 Å². The molecule has 0 radical (unpaired) electrons. The Hall–Kier alpha value is -1.77. The maximum atomic E-state index is 12.3. The van der Waals surface area contributed by atoms with Gasteiger partial charge in [0.1, 0.15) is 0 Å². The number of rotatable bonds is 8. The second-order valence-corrected chi connectivity index (χ2v) is 7.16. The van der Waals surface area contributed by atoms with Crippen LogP contribution in [0.15, 0.2) is 12.4 Å². The number of ether oxygens (including phenoxy) is 1. The molecule has 1 N–H and O–H groups in total. The third kappa shape index (κ3) is 6.12. The number of carbonyl (C=O) groups excluding carboxylic acids is 1. The molecule has 2 fully saturated rings. The molecule has 0 atom stereocenters. The Labute approximate surface area is 161 Å². The van der Waals surface area contributed by atoms with Crippen LogP contribution in [-0.2, 0) is 4.74 Å².